The van der Waals surface area contributed by atoms with Crippen LogP contribution in [0.1, 0.15) is 128 Å². The molecule has 206 valence electrons. The molecule has 0 heteroatoms. The maximum absolute atomic E-state index is 2.38. The largest absolute Gasteiger partial charge is 0.0613 e. The summed E-state index contributed by atoms with van der Waals surface area (Å²) in [5, 5.41) is 0. The van der Waals surface area contributed by atoms with Crippen molar-refractivity contribution in [3.05, 3.63) is 100 Å². The number of rotatable bonds is 8. The van der Waals surface area contributed by atoms with Crippen molar-refractivity contribution in [2.24, 2.45) is 0 Å². The fourth-order valence-corrected chi connectivity index (χ4v) is 7.56. The molecule has 0 N–H and O–H groups in total. The maximum Gasteiger partial charge on any atom is -0.00148 e. The number of benzene rings is 3. The molecule has 0 aliphatic carbocycles. The van der Waals surface area contributed by atoms with E-state index in [-0.39, 0.29) is 0 Å². The molecule has 0 nitrogen and oxygen atoms in total. The molecule has 0 saturated carbocycles. The van der Waals surface area contributed by atoms with Crippen LogP contribution in [0.25, 0.3) is 0 Å². The van der Waals surface area contributed by atoms with Gasteiger partial charge in [-0.05, 0) is 208 Å². The highest BCUT2D eigenvalue weighted by molar-refractivity contribution is 5.59. The first-order valence-corrected chi connectivity index (χ1v) is 15.2. The van der Waals surface area contributed by atoms with Crippen molar-refractivity contribution in [2.75, 3.05) is 0 Å². The first kappa shape index (κ1) is 30.2. The summed E-state index contributed by atoms with van der Waals surface area (Å²) in [6.07, 6.45) is 6.55. The van der Waals surface area contributed by atoms with Crippen molar-refractivity contribution in [1.82, 2.24) is 0 Å². The summed E-state index contributed by atoms with van der Waals surface area (Å²) in [6, 6.07) is 0. The van der Waals surface area contributed by atoms with E-state index in [2.05, 4.69) is 96.9 Å². The smallest absolute Gasteiger partial charge is 0.00148 e. The van der Waals surface area contributed by atoms with Gasteiger partial charge in [-0.3, -0.25) is 0 Å². The summed E-state index contributed by atoms with van der Waals surface area (Å²) < 4.78 is 0. The van der Waals surface area contributed by atoms with Gasteiger partial charge in [-0.2, -0.15) is 0 Å². The van der Waals surface area contributed by atoms with E-state index in [0.29, 0.717) is 0 Å². The Morgan fingerprint density at radius 1 is 0.237 bits per heavy atom. The summed E-state index contributed by atoms with van der Waals surface area (Å²) in [5.74, 6) is 0. The summed E-state index contributed by atoms with van der Waals surface area (Å²) in [4.78, 5) is 0. The molecule has 0 amide bonds. The minimum Gasteiger partial charge on any atom is -0.0613 e. The second-order valence-electron chi connectivity index (χ2n) is 11.8. The van der Waals surface area contributed by atoms with Gasteiger partial charge in [0.25, 0.3) is 0 Å². The molecule has 0 heterocycles. The fraction of sp³-hybridized carbons (Fsp3) is 0.526. The third-order valence-electron chi connectivity index (χ3n) is 10.5. The Balaban J connectivity index is 2.20. The van der Waals surface area contributed by atoms with Crippen LogP contribution in [0.2, 0.25) is 0 Å². The SMILES string of the molecule is CCc1c(C)c(C)c(Cc2c(C)c(C)c(Cc3c(C)c(C)c(CC)c(CC)c3C)c(C)c2C)c(CC)c1C. The van der Waals surface area contributed by atoms with Gasteiger partial charge in [0.2, 0.25) is 0 Å². The molecular formula is C38H54. The highest BCUT2D eigenvalue weighted by Gasteiger charge is 2.22. The Morgan fingerprint density at radius 3 is 0.842 bits per heavy atom. The summed E-state index contributed by atoms with van der Waals surface area (Å²) >= 11 is 0. The van der Waals surface area contributed by atoms with Gasteiger partial charge >= 0.3 is 0 Å². The zero-order valence-corrected chi connectivity index (χ0v) is 27.2. The van der Waals surface area contributed by atoms with Gasteiger partial charge in [0.1, 0.15) is 0 Å². The molecule has 3 aromatic carbocycles. The topological polar surface area (TPSA) is 0 Å². The molecule has 0 bridgehead atoms. The Morgan fingerprint density at radius 2 is 0.447 bits per heavy atom. The second-order valence-corrected chi connectivity index (χ2v) is 11.8. The zero-order valence-electron chi connectivity index (χ0n) is 27.2. The van der Waals surface area contributed by atoms with Gasteiger partial charge < -0.3 is 0 Å². The van der Waals surface area contributed by atoms with Crippen LogP contribution in [-0.4, -0.2) is 0 Å². The monoisotopic (exact) mass is 510 g/mol. The molecule has 0 aliphatic rings. The van der Waals surface area contributed by atoms with Gasteiger partial charge in [0.15, 0.2) is 0 Å². The van der Waals surface area contributed by atoms with E-state index in [1.165, 1.54) is 55.6 Å². The standard InChI is InChI=1S/C38H54/c1-15-31-21(5)28(12)38(34(18-4)29(31)13)20-36-26(10)24(8)35(25(9)27(36)11)19-37-23(7)22(6)32(16-2)33(17-3)30(37)14/h15-20H2,1-14H3. The van der Waals surface area contributed by atoms with Crippen molar-refractivity contribution < 1.29 is 0 Å². The Kier molecular flexibility index (Phi) is 9.39. The average Bonchev–Trinajstić information content (AvgIpc) is 2.90. The first-order chi connectivity index (χ1) is 17.9. The molecule has 0 radical (unpaired) electrons. The lowest BCUT2D eigenvalue weighted by Crippen LogP contribution is -2.12. The quantitative estimate of drug-likeness (QED) is 0.283. The summed E-state index contributed by atoms with van der Waals surface area (Å²) in [7, 11) is 0. The van der Waals surface area contributed by atoms with E-state index >= 15 is 0 Å². The van der Waals surface area contributed by atoms with E-state index in [4.69, 9.17) is 0 Å². The van der Waals surface area contributed by atoms with Crippen LogP contribution in [0.15, 0.2) is 0 Å². The molecule has 0 fully saturated rings. The molecule has 0 atom stereocenters. The van der Waals surface area contributed by atoms with Crippen molar-refractivity contribution in [3.63, 3.8) is 0 Å². The maximum atomic E-state index is 2.38. The van der Waals surface area contributed by atoms with E-state index < -0.39 is 0 Å². The third kappa shape index (κ3) is 4.89. The van der Waals surface area contributed by atoms with Crippen LogP contribution in [-0.2, 0) is 38.5 Å². The van der Waals surface area contributed by atoms with E-state index in [0.717, 1.165) is 38.5 Å². The van der Waals surface area contributed by atoms with Crippen LogP contribution in [0.5, 0.6) is 0 Å². The first-order valence-electron chi connectivity index (χ1n) is 15.2. The zero-order chi connectivity index (χ0) is 28.6. The lowest BCUT2D eigenvalue weighted by Gasteiger charge is -2.26. The molecule has 0 spiro atoms. The van der Waals surface area contributed by atoms with Gasteiger partial charge in [-0.1, -0.05) is 27.7 Å². The summed E-state index contributed by atoms with van der Waals surface area (Å²) in [5.41, 5.74) is 27.5. The number of hydrogen-bond donors (Lipinski definition) is 0. The van der Waals surface area contributed by atoms with Gasteiger partial charge in [-0.15, -0.1) is 0 Å². The van der Waals surface area contributed by atoms with Crippen LogP contribution < -0.4 is 0 Å². The van der Waals surface area contributed by atoms with Crippen LogP contribution in [0.4, 0.5) is 0 Å². The Bertz CT molecular complexity index is 1350. The van der Waals surface area contributed by atoms with Crippen molar-refractivity contribution in [1.29, 1.82) is 0 Å². The van der Waals surface area contributed by atoms with Crippen molar-refractivity contribution in [3.8, 4) is 0 Å². The van der Waals surface area contributed by atoms with E-state index in [9.17, 15) is 0 Å². The molecular weight excluding hydrogens is 456 g/mol. The van der Waals surface area contributed by atoms with Gasteiger partial charge in [0.05, 0.1) is 0 Å². The molecule has 0 aliphatic heterocycles. The second kappa shape index (κ2) is 11.8. The lowest BCUT2D eigenvalue weighted by atomic mass is 9.78. The highest BCUT2D eigenvalue weighted by Crippen LogP contribution is 2.36. The molecule has 38 heavy (non-hydrogen) atoms. The van der Waals surface area contributed by atoms with Crippen LogP contribution in [0, 0.1) is 69.2 Å². The lowest BCUT2D eigenvalue weighted by molar-refractivity contribution is 0.942. The molecule has 0 saturated heterocycles. The van der Waals surface area contributed by atoms with Crippen LogP contribution >= 0.6 is 0 Å². The molecule has 0 aromatic heterocycles. The highest BCUT2D eigenvalue weighted by atomic mass is 14.3. The number of hydrogen-bond acceptors (Lipinski definition) is 0. The Hall–Kier alpha value is -2.34. The minimum absolute atomic E-state index is 1.04. The van der Waals surface area contributed by atoms with Gasteiger partial charge in [-0.25, -0.2) is 0 Å². The molecule has 3 aromatic rings. The van der Waals surface area contributed by atoms with E-state index in [1.54, 1.807) is 44.5 Å². The molecule has 3 rings (SSSR count). The normalized spacial score (nSPS) is 11.5. The average molecular weight is 511 g/mol. The van der Waals surface area contributed by atoms with Gasteiger partial charge in [0, 0.05) is 0 Å². The van der Waals surface area contributed by atoms with Crippen molar-refractivity contribution in [2.45, 2.75) is 135 Å². The molecule has 0 unspecified atom stereocenters. The fourth-order valence-electron chi connectivity index (χ4n) is 7.56. The predicted octanol–water partition coefficient (Wildman–Crippen LogP) is 10.2. The third-order valence-corrected chi connectivity index (χ3v) is 10.5. The summed E-state index contributed by atoms with van der Waals surface area (Å²) in [6.45, 7) is 32.9. The van der Waals surface area contributed by atoms with Crippen LogP contribution in [0.3, 0.4) is 0 Å². The predicted molar refractivity (Wildman–Crippen MR) is 170 cm³/mol. The minimum atomic E-state index is 1.04. The van der Waals surface area contributed by atoms with E-state index in [1.807, 2.05) is 0 Å². The van der Waals surface area contributed by atoms with Crippen molar-refractivity contribution >= 4 is 0 Å². The Labute approximate surface area is 235 Å².